The van der Waals surface area contributed by atoms with Crippen LogP contribution in [-0.4, -0.2) is 11.8 Å². The van der Waals surface area contributed by atoms with E-state index in [-0.39, 0.29) is 12.3 Å². The smallest absolute Gasteiger partial charge is 0.233 e. The normalized spacial score (nSPS) is 9.50. The SMILES string of the molecule is Cc1cccc(NC(=O)CC(N)=O)c1. The average Bonchev–Trinajstić information content (AvgIpc) is 2.01. The number of nitrogens with one attached hydrogen (secondary N) is 1. The van der Waals surface area contributed by atoms with Crippen molar-refractivity contribution in [2.24, 2.45) is 5.73 Å². The molecule has 1 aromatic carbocycles. The summed E-state index contributed by atoms with van der Waals surface area (Å²) in [5, 5.41) is 2.57. The molecule has 0 aliphatic carbocycles. The predicted octanol–water partition coefficient (Wildman–Crippen LogP) is 0.809. The highest BCUT2D eigenvalue weighted by atomic mass is 16.2. The van der Waals surface area contributed by atoms with Crippen LogP contribution >= 0.6 is 0 Å². The van der Waals surface area contributed by atoms with E-state index in [0.29, 0.717) is 5.69 Å². The molecule has 1 rings (SSSR count). The maximum atomic E-state index is 11.1. The molecule has 4 nitrogen and oxygen atoms in total. The number of amides is 2. The molecule has 0 unspecified atom stereocenters. The number of nitrogens with two attached hydrogens (primary N) is 1. The number of rotatable bonds is 3. The van der Waals surface area contributed by atoms with E-state index in [1.54, 1.807) is 6.07 Å². The minimum absolute atomic E-state index is 0.284. The summed E-state index contributed by atoms with van der Waals surface area (Å²) < 4.78 is 0. The van der Waals surface area contributed by atoms with Gasteiger partial charge in [-0.1, -0.05) is 12.1 Å². The third-order valence-electron chi connectivity index (χ3n) is 1.64. The molecule has 3 N–H and O–H groups in total. The number of primary amides is 1. The maximum Gasteiger partial charge on any atom is 0.233 e. The van der Waals surface area contributed by atoms with Crippen molar-refractivity contribution < 1.29 is 9.59 Å². The van der Waals surface area contributed by atoms with Crippen molar-refractivity contribution in [1.29, 1.82) is 0 Å². The van der Waals surface area contributed by atoms with Crippen molar-refractivity contribution in [1.82, 2.24) is 0 Å². The van der Waals surface area contributed by atoms with Gasteiger partial charge >= 0.3 is 0 Å². The third kappa shape index (κ3) is 3.26. The Morgan fingerprint density at radius 1 is 1.43 bits per heavy atom. The molecular formula is C10H12N2O2. The molecule has 0 aromatic heterocycles. The Bertz CT molecular complexity index is 361. The number of carbonyl (C=O) groups excluding carboxylic acids is 2. The second kappa shape index (κ2) is 4.41. The summed E-state index contributed by atoms with van der Waals surface area (Å²) in [6, 6.07) is 7.32. The minimum atomic E-state index is -0.629. The summed E-state index contributed by atoms with van der Waals surface area (Å²) in [5.41, 5.74) is 6.60. The molecule has 74 valence electrons. The van der Waals surface area contributed by atoms with Crippen molar-refractivity contribution in [2.45, 2.75) is 13.3 Å². The van der Waals surface area contributed by atoms with Gasteiger partial charge in [-0.15, -0.1) is 0 Å². The number of anilines is 1. The van der Waals surface area contributed by atoms with Crippen LogP contribution in [-0.2, 0) is 9.59 Å². The fourth-order valence-electron chi connectivity index (χ4n) is 1.09. The summed E-state index contributed by atoms with van der Waals surface area (Å²) in [6.45, 7) is 1.92. The van der Waals surface area contributed by atoms with Crippen LogP contribution in [0.25, 0.3) is 0 Å². The van der Waals surface area contributed by atoms with Gasteiger partial charge in [0.05, 0.1) is 0 Å². The first-order valence-corrected chi connectivity index (χ1v) is 4.23. The van der Waals surface area contributed by atoms with Crippen LogP contribution in [0.4, 0.5) is 5.69 Å². The lowest BCUT2D eigenvalue weighted by Crippen LogP contribution is -2.21. The third-order valence-corrected chi connectivity index (χ3v) is 1.64. The zero-order valence-electron chi connectivity index (χ0n) is 7.91. The van der Waals surface area contributed by atoms with Crippen LogP contribution in [0.2, 0.25) is 0 Å². The van der Waals surface area contributed by atoms with Crippen molar-refractivity contribution in [3.05, 3.63) is 29.8 Å². The fourth-order valence-corrected chi connectivity index (χ4v) is 1.09. The standard InChI is InChI=1S/C10H12N2O2/c1-7-3-2-4-8(5-7)12-10(14)6-9(11)13/h2-5H,6H2,1H3,(H2,11,13)(H,12,14). The lowest BCUT2D eigenvalue weighted by Gasteiger charge is -2.03. The molecule has 2 amide bonds. The monoisotopic (exact) mass is 192 g/mol. The molecule has 0 atom stereocenters. The van der Waals surface area contributed by atoms with E-state index in [4.69, 9.17) is 5.73 Å². The van der Waals surface area contributed by atoms with Crippen molar-refractivity contribution in [3.8, 4) is 0 Å². The largest absolute Gasteiger partial charge is 0.369 e. The van der Waals surface area contributed by atoms with Gasteiger partial charge in [-0.3, -0.25) is 9.59 Å². The van der Waals surface area contributed by atoms with E-state index in [9.17, 15) is 9.59 Å². The van der Waals surface area contributed by atoms with Crippen molar-refractivity contribution in [3.63, 3.8) is 0 Å². The topological polar surface area (TPSA) is 72.2 Å². The lowest BCUT2D eigenvalue weighted by molar-refractivity contribution is -0.124. The van der Waals surface area contributed by atoms with Crippen LogP contribution in [0, 0.1) is 6.92 Å². The number of aryl methyl sites for hydroxylation is 1. The molecule has 0 aliphatic heterocycles. The van der Waals surface area contributed by atoms with Gasteiger partial charge in [0.15, 0.2) is 0 Å². The molecule has 14 heavy (non-hydrogen) atoms. The Labute approximate surface area is 82.1 Å². The Balaban J connectivity index is 2.60. The average molecular weight is 192 g/mol. The molecule has 0 aliphatic rings. The molecule has 0 saturated carbocycles. The van der Waals surface area contributed by atoms with E-state index in [2.05, 4.69) is 5.32 Å². The molecule has 0 heterocycles. The molecule has 1 aromatic rings. The predicted molar refractivity (Wildman–Crippen MR) is 53.6 cm³/mol. The van der Waals surface area contributed by atoms with E-state index >= 15 is 0 Å². The summed E-state index contributed by atoms with van der Waals surface area (Å²) in [5.74, 6) is -1.02. The minimum Gasteiger partial charge on any atom is -0.369 e. The Kier molecular flexibility index (Phi) is 3.23. The van der Waals surface area contributed by atoms with Crippen molar-refractivity contribution in [2.75, 3.05) is 5.32 Å². The Morgan fingerprint density at radius 3 is 2.71 bits per heavy atom. The first-order valence-electron chi connectivity index (χ1n) is 4.23. The lowest BCUT2D eigenvalue weighted by atomic mass is 10.2. The number of hydrogen-bond acceptors (Lipinski definition) is 2. The molecular weight excluding hydrogens is 180 g/mol. The highest BCUT2D eigenvalue weighted by Gasteiger charge is 2.05. The molecule has 4 heteroatoms. The first-order chi connectivity index (χ1) is 6.58. The van der Waals surface area contributed by atoms with E-state index in [1.807, 2.05) is 25.1 Å². The Hall–Kier alpha value is -1.84. The highest BCUT2D eigenvalue weighted by Crippen LogP contribution is 2.09. The van der Waals surface area contributed by atoms with Crippen LogP contribution in [0.5, 0.6) is 0 Å². The van der Waals surface area contributed by atoms with Crippen LogP contribution in [0.15, 0.2) is 24.3 Å². The van der Waals surface area contributed by atoms with Crippen LogP contribution in [0.3, 0.4) is 0 Å². The quantitative estimate of drug-likeness (QED) is 0.695. The maximum absolute atomic E-state index is 11.1. The van der Waals surface area contributed by atoms with Gasteiger partial charge in [0.1, 0.15) is 6.42 Å². The summed E-state index contributed by atoms with van der Waals surface area (Å²) in [7, 11) is 0. The van der Waals surface area contributed by atoms with Gasteiger partial charge in [0.2, 0.25) is 11.8 Å². The number of carbonyl (C=O) groups is 2. The van der Waals surface area contributed by atoms with Gasteiger partial charge in [-0.25, -0.2) is 0 Å². The summed E-state index contributed by atoms with van der Waals surface area (Å²) in [4.78, 5) is 21.6. The Morgan fingerprint density at radius 2 is 2.14 bits per heavy atom. The van der Waals surface area contributed by atoms with E-state index in [0.717, 1.165) is 5.56 Å². The molecule has 0 saturated heterocycles. The molecule has 0 radical (unpaired) electrons. The number of hydrogen-bond donors (Lipinski definition) is 2. The summed E-state index contributed by atoms with van der Waals surface area (Å²) in [6.07, 6.45) is -0.284. The van der Waals surface area contributed by atoms with Gasteiger partial charge in [-0.2, -0.15) is 0 Å². The van der Waals surface area contributed by atoms with Gasteiger partial charge in [-0.05, 0) is 24.6 Å². The van der Waals surface area contributed by atoms with Gasteiger partial charge < -0.3 is 11.1 Å². The number of benzene rings is 1. The second-order valence-electron chi connectivity index (χ2n) is 3.06. The molecule has 0 spiro atoms. The molecule has 0 bridgehead atoms. The van der Waals surface area contributed by atoms with Gasteiger partial charge in [0, 0.05) is 5.69 Å². The first kappa shape index (κ1) is 10.2. The van der Waals surface area contributed by atoms with Gasteiger partial charge in [0.25, 0.3) is 0 Å². The van der Waals surface area contributed by atoms with Crippen molar-refractivity contribution >= 4 is 17.5 Å². The zero-order chi connectivity index (χ0) is 10.6. The van der Waals surface area contributed by atoms with E-state index < -0.39 is 5.91 Å². The van der Waals surface area contributed by atoms with E-state index in [1.165, 1.54) is 0 Å². The molecule has 0 fully saturated rings. The zero-order valence-corrected chi connectivity index (χ0v) is 7.91. The summed E-state index contributed by atoms with van der Waals surface area (Å²) >= 11 is 0. The van der Waals surface area contributed by atoms with Crippen LogP contribution < -0.4 is 11.1 Å². The highest BCUT2D eigenvalue weighted by molar-refractivity contribution is 6.03. The second-order valence-corrected chi connectivity index (χ2v) is 3.06. The van der Waals surface area contributed by atoms with Crippen LogP contribution in [0.1, 0.15) is 12.0 Å². The fraction of sp³-hybridized carbons (Fsp3) is 0.200.